The van der Waals surface area contributed by atoms with Gasteiger partial charge in [0.25, 0.3) is 5.56 Å². The van der Waals surface area contributed by atoms with E-state index in [2.05, 4.69) is 0 Å². The van der Waals surface area contributed by atoms with Gasteiger partial charge in [0.05, 0.1) is 32.0 Å². The summed E-state index contributed by atoms with van der Waals surface area (Å²) in [6.07, 6.45) is 1.77. The summed E-state index contributed by atoms with van der Waals surface area (Å²) in [4.78, 5) is 17.6. The Balaban J connectivity index is 2.12. The maximum atomic E-state index is 12.8. The van der Waals surface area contributed by atoms with Crippen molar-refractivity contribution in [1.29, 1.82) is 0 Å². The third-order valence-corrected chi connectivity index (χ3v) is 5.49. The van der Waals surface area contributed by atoms with Crippen molar-refractivity contribution >= 4 is 61.6 Å². The summed E-state index contributed by atoms with van der Waals surface area (Å²) >= 11 is 12.6. The van der Waals surface area contributed by atoms with E-state index in [1.54, 1.807) is 22.7 Å². The number of rotatable bonds is 0. The van der Waals surface area contributed by atoms with E-state index in [0.29, 0.717) is 26.6 Å². The maximum absolute atomic E-state index is 12.8. The van der Waals surface area contributed by atoms with Gasteiger partial charge in [-0.1, -0.05) is 41.4 Å². The van der Waals surface area contributed by atoms with Gasteiger partial charge in [-0.15, -0.1) is 0 Å². The second-order valence-electron chi connectivity index (χ2n) is 6.02. The molecule has 3 aromatic heterocycles. The number of benzene rings is 2. The molecular formula is C19H11Cl2N3O. The van der Waals surface area contributed by atoms with Crippen LogP contribution in [0.2, 0.25) is 10.0 Å². The summed E-state index contributed by atoms with van der Waals surface area (Å²) in [5.41, 5.74) is 2.88. The van der Waals surface area contributed by atoms with Crippen LogP contribution in [0, 0.1) is 0 Å². The minimum Gasteiger partial charge on any atom is -0.339 e. The van der Waals surface area contributed by atoms with Gasteiger partial charge in [-0.25, -0.2) is 4.98 Å². The van der Waals surface area contributed by atoms with Crippen LogP contribution in [-0.4, -0.2) is 14.0 Å². The third-order valence-electron chi connectivity index (χ3n) is 4.70. The van der Waals surface area contributed by atoms with Crippen molar-refractivity contribution in [2.45, 2.75) is 0 Å². The molecule has 5 aromatic rings. The van der Waals surface area contributed by atoms with Crippen LogP contribution in [0.4, 0.5) is 0 Å². The second kappa shape index (κ2) is 4.97. The van der Waals surface area contributed by atoms with E-state index in [1.165, 1.54) is 0 Å². The predicted molar refractivity (Wildman–Crippen MR) is 103 cm³/mol. The summed E-state index contributed by atoms with van der Waals surface area (Å²) in [7, 11) is 1.91. The highest BCUT2D eigenvalue weighted by Crippen LogP contribution is 2.37. The monoisotopic (exact) mass is 367 g/mol. The number of hydrogen-bond acceptors (Lipinski definition) is 2. The van der Waals surface area contributed by atoms with E-state index in [-0.39, 0.29) is 5.56 Å². The molecule has 0 atom stereocenters. The Morgan fingerprint density at radius 2 is 1.68 bits per heavy atom. The van der Waals surface area contributed by atoms with Gasteiger partial charge >= 0.3 is 0 Å². The van der Waals surface area contributed by atoms with E-state index in [4.69, 9.17) is 28.2 Å². The Bertz CT molecular complexity index is 1400. The molecule has 4 nitrogen and oxygen atoms in total. The van der Waals surface area contributed by atoms with Gasteiger partial charge in [-0.3, -0.25) is 9.20 Å². The summed E-state index contributed by atoms with van der Waals surface area (Å²) in [5.74, 6) is 0. The Kier molecular flexibility index (Phi) is 2.94. The zero-order valence-corrected chi connectivity index (χ0v) is 14.6. The average molecular weight is 368 g/mol. The van der Waals surface area contributed by atoms with Crippen LogP contribution in [-0.2, 0) is 7.05 Å². The van der Waals surface area contributed by atoms with Crippen LogP contribution in [0.3, 0.4) is 0 Å². The second-order valence-corrected chi connectivity index (χ2v) is 6.81. The molecule has 6 heteroatoms. The van der Waals surface area contributed by atoms with Gasteiger partial charge < -0.3 is 4.57 Å². The molecule has 0 spiro atoms. The molecule has 0 aliphatic carbocycles. The van der Waals surface area contributed by atoms with Crippen LogP contribution in [0.5, 0.6) is 0 Å². The third kappa shape index (κ3) is 1.84. The molecule has 2 aromatic carbocycles. The molecule has 0 aliphatic rings. The Labute approximate surface area is 151 Å². The van der Waals surface area contributed by atoms with Crippen LogP contribution in [0.1, 0.15) is 0 Å². The van der Waals surface area contributed by atoms with Crippen molar-refractivity contribution < 1.29 is 0 Å². The van der Waals surface area contributed by atoms with Crippen LogP contribution in [0.15, 0.2) is 53.5 Å². The molecule has 0 amide bonds. The number of pyridine rings is 1. The van der Waals surface area contributed by atoms with E-state index >= 15 is 0 Å². The minimum atomic E-state index is -0.0862. The van der Waals surface area contributed by atoms with Crippen molar-refractivity contribution in [2.24, 2.45) is 7.05 Å². The zero-order valence-electron chi connectivity index (χ0n) is 13.1. The molecule has 0 unspecified atom stereocenters. The quantitative estimate of drug-likeness (QED) is 0.369. The molecule has 0 saturated carbocycles. The minimum absolute atomic E-state index is 0.0862. The summed E-state index contributed by atoms with van der Waals surface area (Å²) in [6.45, 7) is 0. The first-order valence-electron chi connectivity index (χ1n) is 7.74. The smallest absolute Gasteiger partial charge is 0.265 e. The normalized spacial score (nSPS) is 12.0. The predicted octanol–water partition coefficient (Wildman–Crippen LogP) is 4.80. The van der Waals surface area contributed by atoms with E-state index < -0.39 is 0 Å². The fraction of sp³-hybridized carbons (Fsp3) is 0.0526. The highest BCUT2D eigenvalue weighted by atomic mass is 35.5. The lowest BCUT2D eigenvalue weighted by atomic mass is 10.2. The van der Waals surface area contributed by atoms with Crippen molar-refractivity contribution in [3.8, 4) is 0 Å². The molecule has 0 radical (unpaired) electrons. The van der Waals surface area contributed by atoms with Gasteiger partial charge in [-0.05, 0) is 24.3 Å². The summed E-state index contributed by atoms with van der Waals surface area (Å²) in [6, 6.07) is 13.0. The number of nitrogens with zero attached hydrogens (tertiary/aromatic N) is 3. The number of aromatic nitrogens is 3. The molecular weight excluding hydrogens is 357 g/mol. The zero-order chi connectivity index (χ0) is 17.3. The summed E-state index contributed by atoms with van der Waals surface area (Å²) in [5, 5.41) is 3.56. The van der Waals surface area contributed by atoms with Gasteiger partial charge in [0.1, 0.15) is 0 Å². The summed E-state index contributed by atoms with van der Waals surface area (Å²) < 4.78 is 3.54. The first-order valence-corrected chi connectivity index (χ1v) is 8.50. The van der Waals surface area contributed by atoms with Crippen LogP contribution < -0.4 is 5.56 Å². The molecule has 3 heterocycles. The Morgan fingerprint density at radius 1 is 0.920 bits per heavy atom. The molecule has 122 valence electrons. The van der Waals surface area contributed by atoms with Gasteiger partial charge in [0.2, 0.25) is 0 Å². The van der Waals surface area contributed by atoms with E-state index in [9.17, 15) is 4.79 Å². The molecule has 0 fully saturated rings. The van der Waals surface area contributed by atoms with Crippen molar-refractivity contribution in [3.63, 3.8) is 0 Å². The number of hydrogen-bond donors (Lipinski definition) is 0. The molecule has 25 heavy (non-hydrogen) atoms. The van der Waals surface area contributed by atoms with Crippen LogP contribution >= 0.6 is 23.2 Å². The van der Waals surface area contributed by atoms with E-state index in [0.717, 1.165) is 21.8 Å². The first kappa shape index (κ1) is 14.8. The highest BCUT2D eigenvalue weighted by Gasteiger charge is 2.17. The molecule has 0 N–H and O–H groups in total. The maximum Gasteiger partial charge on any atom is 0.265 e. The molecule has 0 aliphatic heterocycles. The van der Waals surface area contributed by atoms with Gasteiger partial charge in [-0.2, -0.15) is 0 Å². The van der Waals surface area contributed by atoms with Crippen molar-refractivity contribution in [3.05, 3.63) is 69.1 Å². The van der Waals surface area contributed by atoms with Gasteiger partial charge in [0, 0.05) is 24.0 Å². The lowest BCUT2D eigenvalue weighted by molar-refractivity contribution is 0.998. The first-order chi connectivity index (χ1) is 12.1. The molecule has 0 saturated heterocycles. The largest absolute Gasteiger partial charge is 0.339 e. The lowest BCUT2D eigenvalue weighted by Crippen LogP contribution is -2.15. The SMILES string of the molecule is Cn1c2c(Cl)c(Cl)ccc2c2ccn3c(=O)c4ccccc4nc3c21. The number of aryl methyl sites for hydroxylation is 1. The van der Waals surface area contributed by atoms with Gasteiger partial charge in [0.15, 0.2) is 5.65 Å². The number of para-hydroxylation sites is 1. The Morgan fingerprint density at radius 3 is 2.52 bits per heavy atom. The van der Waals surface area contributed by atoms with E-state index in [1.807, 2.05) is 41.9 Å². The fourth-order valence-corrected chi connectivity index (χ4v) is 3.99. The lowest BCUT2D eigenvalue weighted by Gasteiger charge is -2.06. The van der Waals surface area contributed by atoms with Crippen molar-refractivity contribution in [2.75, 3.05) is 0 Å². The number of fused-ring (bicyclic) bond motifs is 6. The average Bonchev–Trinajstić information content (AvgIpc) is 2.92. The number of halogens is 2. The van der Waals surface area contributed by atoms with Crippen molar-refractivity contribution in [1.82, 2.24) is 14.0 Å². The molecule has 5 rings (SSSR count). The Hall–Kier alpha value is -2.56. The highest BCUT2D eigenvalue weighted by molar-refractivity contribution is 6.45. The molecule has 0 bridgehead atoms. The fourth-order valence-electron chi connectivity index (χ4n) is 3.54. The van der Waals surface area contributed by atoms with Crippen LogP contribution in [0.25, 0.3) is 38.4 Å². The standard InChI is InChI=1S/C19H11Cl2N3O/c1-23-16-10(6-7-13(20)15(16)21)11-8-9-24-18(17(11)23)22-14-5-3-2-4-12(14)19(24)25/h2-9H,1H3. The topological polar surface area (TPSA) is 39.3 Å².